The average molecular weight is 497 g/mol. The maximum atomic E-state index is 12.7. The van der Waals surface area contributed by atoms with Gasteiger partial charge in [-0.25, -0.2) is 0 Å². The van der Waals surface area contributed by atoms with Crippen LogP contribution in [0.2, 0.25) is 0 Å². The molecule has 188 valence electrons. The molecule has 1 aromatic heterocycles. The molecule has 2 aromatic carbocycles. The summed E-state index contributed by atoms with van der Waals surface area (Å²) in [7, 11) is 0. The molecule has 3 aromatic rings. The minimum atomic E-state index is -4.21. The van der Waals surface area contributed by atoms with Crippen LogP contribution in [0.1, 0.15) is 39.1 Å². The molecule has 0 saturated carbocycles. The summed E-state index contributed by atoms with van der Waals surface area (Å²) in [5, 5.41) is 5.78. The summed E-state index contributed by atoms with van der Waals surface area (Å²) < 4.78 is 37.7. The van der Waals surface area contributed by atoms with E-state index in [2.05, 4.69) is 15.6 Å². The van der Waals surface area contributed by atoms with E-state index in [4.69, 9.17) is 0 Å². The minimum absolute atomic E-state index is 0.166. The van der Waals surface area contributed by atoms with E-state index >= 15 is 0 Å². The lowest BCUT2D eigenvalue weighted by molar-refractivity contribution is -0.148. The summed E-state index contributed by atoms with van der Waals surface area (Å²) >= 11 is 0. The number of nitrogens with zero attached hydrogens (tertiary/aromatic N) is 2. The highest BCUT2D eigenvalue weighted by Gasteiger charge is 2.32. The molecule has 1 fully saturated rings. The van der Waals surface area contributed by atoms with Crippen LogP contribution in [0, 0.1) is 0 Å². The highest BCUT2D eigenvalue weighted by Crippen LogP contribution is 2.21. The number of rotatable bonds is 7. The van der Waals surface area contributed by atoms with E-state index in [0.29, 0.717) is 37.1 Å². The van der Waals surface area contributed by atoms with Crippen molar-refractivity contribution in [3.63, 3.8) is 0 Å². The van der Waals surface area contributed by atoms with Gasteiger partial charge in [-0.1, -0.05) is 24.3 Å². The predicted molar refractivity (Wildman–Crippen MR) is 130 cm³/mol. The summed E-state index contributed by atoms with van der Waals surface area (Å²) in [5.74, 6) is -0.499. The number of amides is 2. The van der Waals surface area contributed by atoms with Crippen LogP contribution in [-0.4, -0.2) is 53.6 Å². The summed E-state index contributed by atoms with van der Waals surface area (Å²) in [6, 6.07) is 17.9. The number of benzene rings is 2. The van der Waals surface area contributed by atoms with Gasteiger partial charge in [0, 0.05) is 49.2 Å². The standard InChI is InChI=1S/C27H27F3N4O2/c28-27(29,30)18-34-14-10-24(11-15-34)33-26(36)23-3-1-2-19(16-23)17-32-25(35)22-6-4-20(5-7-22)21-8-12-31-13-9-21/h1-9,12-13,16,24H,10-11,14-15,17-18H2,(H,32,35)(H,33,36). The van der Waals surface area contributed by atoms with Crippen LogP contribution in [0.25, 0.3) is 11.1 Å². The Hall–Kier alpha value is -3.72. The van der Waals surface area contributed by atoms with Crippen LogP contribution in [0.4, 0.5) is 13.2 Å². The molecule has 6 nitrogen and oxygen atoms in total. The quantitative estimate of drug-likeness (QED) is 0.508. The summed E-state index contributed by atoms with van der Waals surface area (Å²) in [6.07, 6.45) is 0.154. The maximum absolute atomic E-state index is 12.7. The third-order valence-corrected chi connectivity index (χ3v) is 6.13. The Morgan fingerprint density at radius 3 is 2.22 bits per heavy atom. The molecule has 0 spiro atoms. The first kappa shape index (κ1) is 25.4. The number of piperidine rings is 1. The number of nitrogens with one attached hydrogen (secondary N) is 2. The van der Waals surface area contributed by atoms with Crippen LogP contribution in [0.15, 0.2) is 73.1 Å². The first-order chi connectivity index (χ1) is 17.3. The van der Waals surface area contributed by atoms with Crippen molar-refractivity contribution in [2.45, 2.75) is 31.6 Å². The molecule has 9 heteroatoms. The van der Waals surface area contributed by atoms with Gasteiger partial charge in [0.25, 0.3) is 11.8 Å². The Morgan fingerprint density at radius 1 is 0.889 bits per heavy atom. The van der Waals surface area contributed by atoms with Gasteiger partial charge in [0.2, 0.25) is 0 Å². The van der Waals surface area contributed by atoms with E-state index in [9.17, 15) is 22.8 Å². The van der Waals surface area contributed by atoms with Gasteiger partial charge in [0.05, 0.1) is 6.54 Å². The Morgan fingerprint density at radius 2 is 1.56 bits per heavy atom. The Kier molecular flexibility index (Phi) is 8.00. The van der Waals surface area contributed by atoms with Crippen molar-refractivity contribution >= 4 is 11.8 Å². The minimum Gasteiger partial charge on any atom is -0.349 e. The molecule has 2 amide bonds. The number of aromatic nitrogens is 1. The van der Waals surface area contributed by atoms with Crippen LogP contribution in [0.3, 0.4) is 0 Å². The fourth-order valence-electron chi connectivity index (χ4n) is 4.22. The van der Waals surface area contributed by atoms with Crippen molar-refractivity contribution in [2.24, 2.45) is 0 Å². The van der Waals surface area contributed by atoms with Gasteiger partial charge in [0.15, 0.2) is 0 Å². The van der Waals surface area contributed by atoms with Crippen LogP contribution >= 0.6 is 0 Å². The van der Waals surface area contributed by atoms with E-state index in [-0.39, 0.29) is 24.4 Å². The Labute approximate surface area is 207 Å². The first-order valence-electron chi connectivity index (χ1n) is 11.7. The number of halogens is 3. The summed E-state index contributed by atoms with van der Waals surface area (Å²) in [6.45, 7) is -0.0850. The van der Waals surface area contributed by atoms with Gasteiger partial charge in [-0.05, 0) is 65.9 Å². The molecule has 36 heavy (non-hydrogen) atoms. The highest BCUT2D eigenvalue weighted by atomic mass is 19.4. The third kappa shape index (κ3) is 7.14. The number of alkyl halides is 3. The van der Waals surface area contributed by atoms with Crippen molar-refractivity contribution in [1.29, 1.82) is 0 Å². The van der Waals surface area contributed by atoms with Gasteiger partial charge in [-0.2, -0.15) is 13.2 Å². The van der Waals surface area contributed by atoms with Crippen LogP contribution in [0.5, 0.6) is 0 Å². The fraction of sp³-hybridized carbons (Fsp3) is 0.296. The van der Waals surface area contributed by atoms with Gasteiger partial charge >= 0.3 is 6.18 Å². The molecule has 0 bridgehead atoms. The van der Waals surface area contributed by atoms with E-state index in [0.717, 1.165) is 16.7 Å². The van der Waals surface area contributed by atoms with Crippen molar-refractivity contribution in [1.82, 2.24) is 20.5 Å². The molecule has 0 aliphatic carbocycles. The number of pyridine rings is 1. The number of likely N-dealkylation sites (tertiary alicyclic amines) is 1. The number of carbonyl (C=O) groups is 2. The molecular formula is C27H27F3N4O2. The Bertz CT molecular complexity index is 1180. The molecule has 4 rings (SSSR count). The van der Waals surface area contributed by atoms with Gasteiger partial charge in [0.1, 0.15) is 0 Å². The normalized spacial score (nSPS) is 14.9. The van der Waals surface area contributed by atoms with Crippen LogP contribution in [-0.2, 0) is 6.54 Å². The largest absolute Gasteiger partial charge is 0.401 e. The Balaban J connectivity index is 1.27. The zero-order chi connectivity index (χ0) is 25.5. The van der Waals surface area contributed by atoms with E-state index in [1.54, 1.807) is 42.7 Å². The monoisotopic (exact) mass is 496 g/mol. The second-order valence-corrected chi connectivity index (χ2v) is 8.84. The van der Waals surface area contributed by atoms with Crippen molar-refractivity contribution in [3.8, 4) is 11.1 Å². The highest BCUT2D eigenvalue weighted by molar-refractivity contribution is 5.95. The molecule has 1 aliphatic heterocycles. The molecule has 2 heterocycles. The molecule has 1 saturated heterocycles. The smallest absolute Gasteiger partial charge is 0.349 e. The summed E-state index contributed by atoms with van der Waals surface area (Å²) in [5.41, 5.74) is 3.74. The summed E-state index contributed by atoms with van der Waals surface area (Å²) in [4.78, 5) is 30.6. The number of hydrogen-bond donors (Lipinski definition) is 2. The van der Waals surface area contributed by atoms with Crippen molar-refractivity contribution in [3.05, 3.63) is 89.7 Å². The lowest BCUT2D eigenvalue weighted by Crippen LogP contribution is -2.47. The zero-order valence-corrected chi connectivity index (χ0v) is 19.6. The first-order valence-corrected chi connectivity index (χ1v) is 11.7. The molecule has 0 atom stereocenters. The fourth-order valence-corrected chi connectivity index (χ4v) is 4.22. The predicted octanol–water partition coefficient (Wildman–Crippen LogP) is 4.44. The molecule has 1 aliphatic rings. The number of hydrogen-bond acceptors (Lipinski definition) is 4. The van der Waals surface area contributed by atoms with Crippen LogP contribution < -0.4 is 10.6 Å². The second kappa shape index (κ2) is 11.3. The van der Waals surface area contributed by atoms with E-state index in [1.165, 1.54) is 4.90 Å². The average Bonchev–Trinajstić information content (AvgIpc) is 2.88. The third-order valence-electron chi connectivity index (χ3n) is 6.13. The molecule has 0 unspecified atom stereocenters. The lowest BCUT2D eigenvalue weighted by Gasteiger charge is -2.32. The van der Waals surface area contributed by atoms with Gasteiger partial charge in [-0.3, -0.25) is 19.5 Å². The molecular weight excluding hydrogens is 469 g/mol. The van der Waals surface area contributed by atoms with Crippen molar-refractivity contribution in [2.75, 3.05) is 19.6 Å². The maximum Gasteiger partial charge on any atom is 0.401 e. The molecule has 0 radical (unpaired) electrons. The SMILES string of the molecule is O=C(NCc1cccc(C(=O)NC2CCN(CC(F)(F)F)CC2)c1)c1ccc(-c2ccncc2)cc1. The number of carbonyl (C=O) groups excluding carboxylic acids is 2. The van der Waals surface area contributed by atoms with E-state index in [1.807, 2.05) is 30.3 Å². The van der Waals surface area contributed by atoms with E-state index < -0.39 is 12.7 Å². The topological polar surface area (TPSA) is 74.3 Å². The van der Waals surface area contributed by atoms with Crippen molar-refractivity contribution < 1.29 is 22.8 Å². The second-order valence-electron chi connectivity index (χ2n) is 8.84. The van der Waals surface area contributed by atoms with Gasteiger partial charge < -0.3 is 10.6 Å². The van der Waals surface area contributed by atoms with Gasteiger partial charge in [-0.15, -0.1) is 0 Å². The zero-order valence-electron chi connectivity index (χ0n) is 19.6. The molecule has 2 N–H and O–H groups in total. The lowest BCUT2D eigenvalue weighted by atomic mass is 10.0.